The quantitative estimate of drug-likeness (QED) is 0.190. The molecule has 0 saturated carbocycles. The Balaban J connectivity index is 1.07. The average molecular weight is 589 g/mol. The first-order chi connectivity index (χ1) is 21.1. The molecule has 8 nitrogen and oxygen atoms in total. The Morgan fingerprint density at radius 3 is 2.45 bits per heavy atom. The normalized spacial score (nSPS) is 14.1. The van der Waals surface area contributed by atoms with Gasteiger partial charge in [0.15, 0.2) is 0 Å². The fourth-order valence-electron chi connectivity index (χ4n) is 5.81. The first-order valence-corrected chi connectivity index (χ1v) is 15.3. The number of carbonyl (C=O) groups is 2. The van der Waals surface area contributed by atoms with Gasteiger partial charge in [-0.25, -0.2) is 9.48 Å². The fourth-order valence-corrected chi connectivity index (χ4v) is 5.81. The Hall–Kier alpha value is -4.85. The first-order valence-electron chi connectivity index (χ1n) is 15.3. The summed E-state index contributed by atoms with van der Waals surface area (Å²) in [6, 6.07) is 25.6. The lowest BCUT2D eigenvalue weighted by molar-refractivity contribution is 0.0690. The highest BCUT2D eigenvalue weighted by molar-refractivity contribution is 5.99. The summed E-state index contributed by atoms with van der Waals surface area (Å²) in [5, 5.41) is 11.9. The van der Waals surface area contributed by atoms with Crippen molar-refractivity contribution < 1.29 is 9.59 Å². The highest BCUT2D eigenvalue weighted by Gasteiger charge is 2.25. The summed E-state index contributed by atoms with van der Waals surface area (Å²) in [6.45, 7) is 9.86. The largest absolute Gasteiger partial charge is 0.361 e. The second-order valence-electron chi connectivity index (χ2n) is 12.9. The number of benzene rings is 3. The minimum atomic E-state index is -0.319. The van der Waals surface area contributed by atoms with Gasteiger partial charge < -0.3 is 15.2 Å². The van der Waals surface area contributed by atoms with Gasteiger partial charge in [0.1, 0.15) is 5.82 Å². The standard InChI is InChI=1S/C36H40N6O2/c1-24-8-12-30(13-9-24)42-33(23-32(40-42)36(2,3)4)39-35(44)38-29-7-5-6-26(21-29)20-25-15-18-41(19-16-25)34(43)28-11-10-27-14-17-37-31(27)22-28/h5-14,17,21-23,25,37H,15-16,18-20H2,1-4H3,(H2,38,39,44). The molecule has 8 heteroatoms. The van der Waals surface area contributed by atoms with E-state index < -0.39 is 0 Å². The number of aromatic amines is 1. The third-order valence-corrected chi connectivity index (χ3v) is 8.41. The van der Waals surface area contributed by atoms with Gasteiger partial charge in [0.2, 0.25) is 0 Å². The predicted octanol–water partition coefficient (Wildman–Crippen LogP) is 7.70. The van der Waals surface area contributed by atoms with E-state index in [0.717, 1.165) is 71.5 Å². The third-order valence-electron chi connectivity index (χ3n) is 8.41. The van der Waals surface area contributed by atoms with E-state index in [4.69, 9.17) is 5.10 Å². The lowest BCUT2D eigenvalue weighted by Gasteiger charge is -2.32. The van der Waals surface area contributed by atoms with Gasteiger partial charge in [-0.15, -0.1) is 0 Å². The van der Waals surface area contributed by atoms with Crippen molar-refractivity contribution in [3.05, 3.63) is 107 Å². The molecule has 3 aromatic carbocycles. The van der Waals surface area contributed by atoms with Gasteiger partial charge in [0, 0.05) is 47.5 Å². The number of nitrogens with zero attached hydrogens (tertiary/aromatic N) is 3. The molecule has 3 N–H and O–H groups in total. The summed E-state index contributed by atoms with van der Waals surface area (Å²) in [7, 11) is 0. The second-order valence-corrected chi connectivity index (χ2v) is 12.9. The van der Waals surface area contributed by atoms with Crippen LogP contribution in [0.5, 0.6) is 0 Å². The van der Waals surface area contributed by atoms with Crippen LogP contribution < -0.4 is 10.6 Å². The number of anilines is 2. The molecule has 3 amide bonds. The van der Waals surface area contributed by atoms with Crippen LogP contribution in [0, 0.1) is 12.8 Å². The van der Waals surface area contributed by atoms with Crippen molar-refractivity contribution >= 4 is 34.3 Å². The maximum atomic E-state index is 13.2. The Bertz CT molecular complexity index is 1790. The molecule has 6 rings (SSSR count). The van der Waals surface area contributed by atoms with E-state index in [2.05, 4.69) is 42.5 Å². The number of amides is 3. The van der Waals surface area contributed by atoms with Crippen LogP contribution in [-0.2, 0) is 11.8 Å². The number of aryl methyl sites for hydroxylation is 1. The minimum Gasteiger partial charge on any atom is -0.361 e. The SMILES string of the molecule is Cc1ccc(-n2nc(C(C)(C)C)cc2NC(=O)Nc2cccc(CC3CCN(C(=O)c4ccc5cc[nH]c5c4)CC3)c2)cc1. The van der Waals surface area contributed by atoms with Crippen LogP contribution in [0.4, 0.5) is 16.3 Å². The molecule has 0 bridgehead atoms. The smallest absolute Gasteiger partial charge is 0.324 e. The monoisotopic (exact) mass is 588 g/mol. The van der Waals surface area contributed by atoms with Gasteiger partial charge in [-0.2, -0.15) is 5.10 Å². The predicted molar refractivity (Wildman–Crippen MR) is 177 cm³/mol. The molecule has 0 aliphatic carbocycles. The minimum absolute atomic E-state index is 0.0931. The maximum absolute atomic E-state index is 13.2. The van der Waals surface area contributed by atoms with Gasteiger partial charge >= 0.3 is 6.03 Å². The topological polar surface area (TPSA) is 95.1 Å². The van der Waals surface area contributed by atoms with E-state index in [1.807, 2.05) is 90.8 Å². The summed E-state index contributed by atoms with van der Waals surface area (Å²) >= 11 is 0. The summed E-state index contributed by atoms with van der Waals surface area (Å²) in [5.74, 6) is 1.19. The Kier molecular flexibility index (Phi) is 7.99. The molecule has 1 saturated heterocycles. The number of carbonyl (C=O) groups excluding carboxylic acids is 2. The van der Waals surface area contributed by atoms with Crippen molar-refractivity contribution in [2.45, 2.75) is 52.4 Å². The summed E-state index contributed by atoms with van der Waals surface area (Å²) < 4.78 is 1.78. The second kappa shape index (κ2) is 12.0. The van der Waals surface area contributed by atoms with E-state index in [-0.39, 0.29) is 17.4 Å². The van der Waals surface area contributed by atoms with Crippen LogP contribution in [0.25, 0.3) is 16.6 Å². The lowest BCUT2D eigenvalue weighted by Crippen LogP contribution is -2.38. The number of aromatic nitrogens is 3. The highest BCUT2D eigenvalue weighted by atomic mass is 16.2. The zero-order valence-corrected chi connectivity index (χ0v) is 25.9. The number of fused-ring (bicyclic) bond motifs is 1. The van der Waals surface area contributed by atoms with Crippen LogP contribution in [0.3, 0.4) is 0 Å². The summed E-state index contributed by atoms with van der Waals surface area (Å²) in [4.78, 5) is 31.4. The Morgan fingerprint density at radius 1 is 0.932 bits per heavy atom. The van der Waals surface area contributed by atoms with E-state index >= 15 is 0 Å². The van der Waals surface area contributed by atoms with E-state index in [1.165, 1.54) is 5.56 Å². The number of hydrogen-bond donors (Lipinski definition) is 3. The van der Waals surface area contributed by atoms with Gasteiger partial charge in [-0.3, -0.25) is 10.1 Å². The summed E-state index contributed by atoms with van der Waals surface area (Å²) in [6.07, 6.45) is 4.70. The van der Waals surface area contributed by atoms with Crippen molar-refractivity contribution in [3.63, 3.8) is 0 Å². The summed E-state index contributed by atoms with van der Waals surface area (Å²) in [5.41, 5.74) is 6.40. The fraction of sp³-hybridized carbons (Fsp3) is 0.306. The van der Waals surface area contributed by atoms with Gasteiger partial charge in [-0.05, 0) is 85.5 Å². The zero-order chi connectivity index (χ0) is 30.8. The molecule has 1 aliphatic heterocycles. The first kappa shape index (κ1) is 29.2. The van der Waals surface area contributed by atoms with Gasteiger partial charge in [0.25, 0.3) is 5.91 Å². The van der Waals surface area contributed by atoms with E-state index in [1.54, 1.807) is 4.68 Å². The van der Waals surface area contributed by atoms with Crippen molar-refractivity contribution in [1.82, 2.24) is 19.7 Å². The number of piperidine rings is 1. The Labute approximate surface area is 258 Å². The van der Waals surface area contributed by atoms with E-state index in [0.29, 0.717) is 11.7 Å². The van der Waals surface area contributed by atoms with Gasteiger partial charge in [-0.1, -0.05) is 56.7 Å². The molecule has 0 atom stereocenters. The molecule has 0 spiro atoms. The van der Waals surface area contributed by atoms with Crippen molar-refractivity contribution in [2.75, 3.05) is 23.7 Å². The molecular weight excluding hydrogens is 548 g/mol. The molecule has 5 aromatic rings. The van der Waals surface area contributed by atoms with Crippen molar-refractivity contribution in [1.29, 1.82) is 0 Å². The van der Waals surface area contributed by atoms with Crippen LogP contribution in [0.1, 0.15) is 60.8 Å². The van der Waals surface area contributed by atoms with Gasteiger partial charge in [0.05, 0.1) is 11.4 Å². The average Bonchev–Trinajstić information content (AvgIpc) is 3.65. The molecule has 3 heterocycles. The van der Waals surface area contributed by atoms with Crippen LogP contribution in [0.2, 0.25) is 0 Å². The molecular formula is C36H40N6O2. The third kappa shape index (κ3) is 6.54. The number of hydrogen-bond acceptors (Lipinski definition) is 3. The van der Waals surface area contributed by atoms with Crippen molar-refractivity contribution in [3.8, 4) is 5.69 Å². The molecule has 44 heavy (non-hydrogen) atoms. The molecule has 2 aromatic heterocycles. The molecule has 0 unspecified atom stereocenters. The number of rotatable bonds is 6. The van der Waals surface area contributed by atoms with E-state index in [9.17, 15) is 9.59 Å². The Morgan fingerprint density at radius 2 is 1.70 bits per heavy atom. The molecule has 0 radical (unpaired) electrons. The van der Waals surface area contributed by atoms with Crippen LogP contribution in [0.15, 0.2) is 85.1 Å². The van der Waals surface area contributed by atoms with Crippen molar-refractivity contribution in [2.24, 2.45) is 5.92 Å². The zero-order valence-electron chi connectivity index (χ0n) is 25.9. The lowest BCUT2D eigenvalue weighted by atomic mass is 9.90. The highest BCUT2D eigenvalue weighted by Crippen LogP contribution is 2.28. The number of likely N-dealkylation sites (tertiary alicyclic amines) is 1. The molecule has 226 valence electrons. The number of nitrogens with one attached hydrogen (secondary N) is 3. The number of urea groups is 1. The molecule has 1 fully saturated rings. The number of H-pyrrole nitrogens is 1. The van der Waals surface area contributed by atoms with Crippen LogP contribution in [-0.4, -0.2) is 44.7 Å². The molecule has 1 aliphatic rings. The maximum Gasteiger partial charge on any atom is 0.324 e. The van der Waals surface area contributed by atoms with Crippen LogP contribution >= 0.6 is 0 Å².